The molecule has 30 heavy (non-hydrogen) atoms. The monoisotopic (exact) mass is 402 g/mol. The summed E-state index contributed by atoms with van der Waals surface area (Å²) in [5, 5.41) is 12.6. The van der Waals surface area contributed by atoms with Crippen LogP contribution in [0.4, 0.5) is 0 Å². The van der Waals surface area contributed by atoms with Gasteiger partial charge in [0.1, 0.15) is 6.54 Å². The summed E-state index contributed by atoms with van der Waals surface area (Å²) in [6.07, 6.45) is 0.836. The number of ether oxygens (including phenoxy) is 2. The van der Waals surface area contributed by atoms with Gasteiger partial charge in [0.25, 0.3) is 5.56 Å². The molecule has 150 valence electrons. The smallest absolute Gasteiger partial charge is 0.267 e. The lowest BCUT2D eigenvalue weighted by Crippen LogP contribution is -2.23. The second kappa shape index (κ2) is 7.82. The second-order valence-corrected chi connectivity index (χ2v) is 6.79. The van der Waals surface area contributed by atoms with Crippen molar-refractivity contribution in [3.63, 3.8) is 0 Å². The molecular weight excluding hydrogens is 384 g/mol. The van der Waals surface area contributed by atoms with Crippen LogP contribution in [0.2, 0.25) is 0 Å². The van der Waals surface area contributed by atoms with Crippen LogP contribution >= 0.6 is 0 Å². The largest absolute Gasteiger partial charge is 0.490 e. The van der Waals surface area contributed by atoms with Gasteiger partial charge in [0, 0.05) is 23.6 Å². The molecule has 2 aromatic heterocycles. The third-order valence-corrected chi connectivity index (χ3v) is 4.68. The Morgan fingerprint density at radius 3 is 2.57 bits per heavy atom. The summed E-state index contributed by atoms with van der Waals surface area (Å²) in [6, 6.07) is 18.2. The average Bonchev–Trinajstić information content (AvgIpc) is 3.12. The summed E-state index contributed by atoms with van der Waals surface area (Å²) in [7, 11) is 0. The predicted octanol–water partition coefficient (Wildman–Crippen LogP) is 3.17. The summed E-state index contributed by atoms with van der Waals surface area (Å²) < 4.78 is 18.4. The minimum atomic E-state index is -0.257. The highest BCUT2D eigenvalue weighted by Crippen LogP contribution is 2.33. The molecule has 3 heterocycles. The first kappa shape index (κ1) is 18.1. The lowest BCUT2D eigenvalue weighted by molar-refractivity contribution is 0.297. The minimum absolute atomic E-state index is 0.0804. The van der Waals surface area contributed by atoms with Gasteiger partial charge < -0.3 is 13.9 Å². The number of benzene rings is 2. The standard InChI is InChI=1S/C22H18N4O4/c27-21-10-8-17(16-7-9-18-19(13-16)29-12-4-11-28-18)25-26(21)14-20-23-24-22(30-20)15-5-2-1-3-6-15/h1-3,5-10,13H,4,11-12,14H2. The van der Waals surface area contributed by atoms with Crippen molar-refractivity contribution in [2.75, 3.05) is 13.2 Å². The van der Waals surface area contributed by atoms with Crippen LogP contribution in [-0.2, 0) is 6.54 Å². The predicted molar refractivity (Wildman–Crippen MR) is 108 cm³/mol. The zero-order chi connectivity index (χ0) is 20.3. The van der Waals surface area contributed by atoms with Gasteiger partial charge in [-0.2, -0.15) is 5.10 Å². The molecule has 8 heteroatoms. The molecule has 0 bridgehead atoms. The van der Waals surface area contributed by atoms with E-state index in [0.717, 1.165) is 17.5 Å². The van der Waals surface area contributed by atoms with E-state index in [1.165, 1.54) is 10.7 Å². The van der Waals surface area contributed by atoms with Gasteiger partial charge in [0.2, 0.25) is 11.8 Å². The first-order valence-electron chi connectivity index (χ1n) is 9.62. The molecule has 0 saturated heterocycles. The Kier molecular flexibility index (Phi) is 4.72. The molecule has 0 unspecified atom stereocenters. The highest BCUT2D eigenvalue weighted by Gasteiger charge is 2.14. The van der Waals surface area contributed by atoms with E-state index >= 15 is 0 Å². The Labute approximate surface area is 171 Å². The van der Waals surface area contributed by atoms with E-state index < -0.39 is 0 Å². The van der Waals surface area contributed by atoms with Gasteiger partial charge in [-0.25, -0.2) is 4.68 Å². The van der Waals surface area contributed by atoms with E-state index in [4.69, 9.17) is 13.9 Å². The number of fused-ring (bicyclic) bond motifs is 1. The third kappa shape index (κ3) is 3.67. The summed E-state index contributed by atoms with van der Waals surface area (Å²) >= 11 is 0. The molecule has 1 aliphatic rings. The highest BCUT2D eigenvalue weighted by molar-refractivity contribution is 5.63. The van der Waals surface area contributed by atoms with Gasteiger partial charge >= 0.3 is 0 Å². The summed E-state index contributed by atoms with van der Waals surface area (Å²) in [5.41, 5.74) is 2.02. The first-order valence-corrected chi connectivity index (χ1v) is 9.62. The maximum atomic E-state index is 12.3. The maximum Gasteiger partial charge on any atom is 0.267 e. The van der Waals surface area contributed by atoms with Crippen LogP contribution in [0.15, 0.2) is 69.9 Å². The molecule has 0 aliphatic carbocycles. The third-order valence-electron chi connectivity index (χ3n) is 4.68. The van der Waals surface area contributed by atoms with Gasteiger partial charge in [-0.15, -0.1) is 10.2 Å². The van der Waals surface area contributed by atoms with Crippen molar-refractivity contribution >= 4 is 0 Å². The fourth-order valence-electron chi connectivity index (χ4n) is 3.18. The number of nitrogens with zero attached hydrogens (tertiary/aromatic N) is 4. The Balaban J connectivity index is 1.43. The second-order valence-electron chi connectivity index (χ2n) is 6.79. The van der Waals surface area contributed by atoms with E-state index in [1.54, 1.807) is 6.07 Å². The fourth-order valence-corrected chi connectivity index (χ4v) is 3.18. The van der Waals surface area contributed by atoms with Crippen molar-refractivity contribution in [2.24, 2.45) is 0 Å². The van der Waals surface area contributed by atoms with Crippen LogP contribution < -0.4 is 15.0 Å². The zero-order valence-corrected chi connectivity index (χ0v) is 16.0. The van der Waals surface area contributed by atoms with Crippen LogP contribution in [0, 0.1) is 0 Å². The Morgan fingerprint density at radius 2 is 1.70 bits per heavy atom. The van der Waals surface area contributed by atoms with Crippen LogP contribution in [-0.4, -0.2) is 33.2 Å². The summed E-state index contributed by atoms with van der Waals surface area (Å²) in [4.78, 5) is 12.3. The van der Waals surface area contributed by atoms with Crippen LogP contribution in [0.3, 0.4) is 0 Å². The molecule has 1 aliphatic heterocycles. The molecule has 5 rings (SSSR count). The normalized spacial score (nSPS) is 13.1. The Bertz CT molecular complexity index is 1230. The summed E-state index contributed by atoms with van der Waals surface area (Å²) in [6.45, 7) is 1.31. The van der Waals surface area contributed by atoms with Crippen LogP contribution in [0.5, 0.6) is 11.5 Å². The van der Waals surface area contributed by atoms with Gasteiger partial charge in [-0.1, -0.05) is 18.2 Å². The molecule has 8 nitrogen and oxygen atoms in total. The van der Waals surface area contributed by atoms with E-state index in [9.17, 15) is 4.79 Å². The van der Waals surface area contributed by atoms with Gasteiger partial charge in [-0.3, -0.25) is 4.79 Å². The van der Waals surface area contributed by atoms with E-state index in [0.29, 0.717) is 42.2 Å². The quantitative estimate of drug-likeness (QED) is 0.518. The summed E-state index contributed by atoms with van der Waals surface area (Å²) in [5.74, 6) is 2.09. The average molecular weight is 402 g/mol. The lowest BCUT2D eigenvalue weighted by Gasteiger charge is -2.10. The molecule has 0 spiro atoms. The molecular formula is C22H18N4O4. The molecule has 0 N–H and O–H groups in total. The van der Waals surface area contributed by atoms with Crippen molar-refractivity contribution in [2.45, 2.75) is 13.0 Å². The molecule has 4 aromatic rings. The van der Waals surface area contributed by atoms with Crippen molar-refractivity contribution in [1.29, 1.82) is 0 Å². The Hall–Kier alpha value is -3.94. The number of hydrogen-bond donors (Lipinski definition) is 0. The van der Waals surface area contributed by atoms with Crippen LogP contribution in [0.1, 0.15) is 12.3 Å². The van der Waals surface area contributed by atoms with Gasteiger partial charge in [0.15, 0.2) is 11.5 Å². The minimum Gasteiger partial charge on any atom is -0.490 e. The molecule has 0 fully saturated rings. The molecule has 0 atom stereocenters. The van der Waals surface area contributed by atoms with Crippen LogP contribution in [0.25, 0.3) is 22.7 Å². The highest BCUT2D eigenvalue weighted by atomic mass is 16.5. The maximum absolute atomic E-state index is 12.3. The first-order chi connectivity index (χ1) is 14.8. The lowest BCUT2D eigenvalue weighted by atomic mass is 10.1. The molecule has 0 amide bonds. The van der Waals surface area contributed by atoms with E-state index in [1.807, 2.05) is 48.5 Å². The molecule has 0 radical (unpaired) electrons. The van der Waals surface area contributed by atoms with Crippen molar-refractivity contribution in [1.82, 2.24) is 20.0 Å². The molecule has 0 saturated carbocycles. The van der Waals surface area contributed by atoms with Crippen molar-refractivity contribution in [3.8, 4) is 34.2 Å². The number of hydrogen-bond acceptors (Lipinski definition) is 7. The van der Waals surface area contributed by atoms with E-state index in [2.05, 4.69) is 15.3 Å². The SMILES string of the molecule is O=c1ccc(-c2ccc3c(c2)OCCCO3)nn1Cc1nnc(-c2ccccc2)o1. The molecule has 2 aromatic carbocycles. The number of rotatable bonds is 4. The van der Waals surface area contributed by atoms with Crippen molar-refractivity contribution < 1.29 is 13.9 Å². The Morgan fingerprint density at radius 1 is 0.867 bits per heavy atom. The topological polar surface area (TPSA) is 92.3 Å². The van der Waals surface area contributed by atoms with Gasteiger partial charge in [-0.05, 0) is 36.4 Å². The number of aromatic nitrogens is 4. The van der Waals surface area contributed by atoms with Crippen molar-refractivity contribution in [3.05, 3.63) is 76.9 Å². The van der Waals surface area contributed by atoms with Gasteiger partial charge in [0.05, 0.1) is 18.9 Å². The fraction of sp³-hybridized carbons (Fsp3) is 0.182. The van der Waals surface area contributed by atoms with E-state index in [-0.39, 0.29) is 12.1 Å². The zero-order valence-electron chi connectivity index (χ0n) is 16.0.